The number of hydrogen-bond donors (Lipinski definition) is 1. The lowest BCUT2D eigenvalue weighted by Crippen LogP contribution is -2.34. The van der Waals surface area contributed by atoms with Gasteiger partial charge in [0.25, 0.3) is 5.56 Å². The highest BCUT2D eigenvalue weighted by Gasteiger charge is 2.55. The Morgan fingerprint density at radius 1 is 1.23 bits per heavy atom. The van der Waals surface area contributed by atoms with Crippen LogP contribution in [0.3, 0.4) is 0 Å². The quantitative estimate of drug-likeness (QED) is 0.313. The van der Waals surface area contributed by atoms with Gasteiger partial charge in [-0.2, -0.15) is 8.78 Å². The monoisotopic (exact) mass is 508 g/mol. The van der Waals surface area contributed by atoms with Gasteiger partial charge in [-0.3, -0.25) is 18.9 Å². The summed E-state index contributed by atoms with van der Waals surface area (Å²) in [5.41, 5.74) is -4.65. The van der Waals surface area contributed by atoms with E-state index in [9.17, 15) is 22.9 Å². The first-order valence-electron chi connectivity index (χ1n) is 8.06. The lowest BCUT2D eigenvalue weighted by atomic mass is 10.3. The Hall–Kier alpha value is -0.580. The highest BCUT2D eigenvalue weighted by molar-refractivity contribution is 14.1. The smallest absolute Gasteiger partial charge is 0.302 e. The van der Waals surface area contributed by atoms with E-state index in [1.807, 2.05) is 0 Å². The SMILES string of the molecule is Cc1cn(CC(I)CC(F)(F)P(=O)(OC(C)C)OC(C)C)c(=O)[nH]c1=O. The third-order valence-corrected chi connectivity index (χ3v) is 6.37. The molecule has 0 radical (unpaired) electrons. The lowest BCUT2D eigenvalue weighted by Gasteiger charge is -2.30. The fourth-order valence-electron chi connectivity index (χ4n) is 2.14. The molecule has 0 aliphatic carbocycles. The van der Waals surface area contributed by atoms with Gasteiger partial charge in [0.2, 0.25) is 0 Å². The minimum atomic E-state index is -4.71. The van der Waals surface area contributed by atoms with Gasteiger partial charge in [-0.15, -0.1) is 0 Å². The Kier molecular flexibility index (Phi) is 8.19. The van der Waals surface area contributed by atoms with Gasteiger partial charge in [0.05, 0.1) is 12.2 Å². The number of alkyl halides is 3. The molecule has 11 heteroatoms. The molecule has 26 heavy (non-hydrogen) atoms. The molecule has 0 amide bonds. The molecule has 1 atom stereocenters. The van der Waals surface area contributed by atoms with Crippen LogP contribution in [0.2, 0.25) is 0 Å². The minimum Gasteiger partial charge on any atom is -0.302 e. The van der Waals surface area contributed by atoms with E-state index in [1.165, 1.54) is 40.8 Å². The first-order chi connectivity index (χ1) is 11.8. The van der Waals surface area contributed by atoms with Crippen LogP contribution in [0.5, 0.6) is 0 Å². The summed E-state index contributed by atoms with van der Waals surface area (Å²) in [6, 6.07) is 0. The van der Waals surface area contributed by atoms with Gasteiger partial charge in [-0.05, 0) is 34.6 Å². The third kappa shape index (κ3) is 6.24. The molecule has 1 rings (SSSR count). The van der Waals surface area contributed by atoms with Crippen LogP contribution in [0.4, 0.5) is 8.78 Å². The molecule has 0 saturated heterocycles. The van der Waals surface area contributed by atoms with Crippen LogP contribution >= 0.6 is 30.2 Å². The van der Waals surface area contributed by atoms with Crippen molar-refractivity contribution < 1.29 is 22.4 Å². The molecule has 1 aromatic heterocycles. The Balaban J connectivity index is 3.02. The topological polar surface area (TPSA) is 90.4 Å². The van der Waals surface area contributed by atoms with E-state index in [0.717, 1.165) is 4.57 Å². The summed E-state index contributed by atoms with van der Waals surface area (Å²) >= 11 is 1.75. The van der Waals surface area contributed by atoms with Gasteiger partial charge in [-0.25, -0.2) is 4.79 Å². The Bertz CT molecular complexity index is 764. The fraction of sp³-hybridized carbons (Fsp3) is 0.733. The average Bonchev–Trinajstić information content (AvgIpc) is 2.42. The Morgan fingerprint density at radius 3 is 2.19 bits per heavy atom. The molecule has 0 aliphatic heterocycles. The highest BCUT2D eigenvalue weighted by atomic mass is 127. The minimum absolute atomic E-state index is 0.0873. The molecular weight excluding hydrogens is 484 g/mol. The summed E-state index contributed by atoms with van der Waals surface area (Å²) < 4.78 is 52.5. The maximum atomic E-state index is 14.7. The Morgan fingerprint density at radius 2 is 1.73 bits per heavy atom. The van der Waals surface area contributed by atoms with Crippen molar-refractivity contribution >= 4 is 30.2 Å². The van der Waals surface area contributed by atoms with Crippen molar-refractivity contribution in [1.29, 1.82) is 0 Å². The van der Waals surface area contributed by atoms with Crippen molar-refractivity contribution in [3.05, 3.63) is 32.6 Å². The van der Waals surface area contributed by atoms with Crippen molar-refractivity contribution in [2.75, 3.05) is 0 Å². The second-order valence-corrected chi connectivity index (χ2v) is 10.3. The lowest BCUT2D eigenvalue weighted by molar-refractivity contribution is 0.0139. The van der Waals surface area contributed by atoms with Crippen LogP contribution in [0, 0.1) is 6.92 Å². The summed E-state index contributed by atoms with van der Waals surface area (Å²) in [5, 5.41) is 0. The van der Waals surface area contributed by atoms with E-state index >= 15 is 0 Å². The van der Waals surface area contributed by atoms with E-state index in [2.05, 4.69) is 4.98 Å². The van der Waals surface area contributed by atoms with E-state index < -0.39 is 47.1 Å². The molecular formula is C15H24F2IN2O5P. The van der Waals surface area contributed by atoms with Gasteiger partial charge in [0.15, 0.2) is 0 Å². The summed E-state index contributed by atoms with van der Waals surface area (Å²) in [6.07, 6.45) is -0.917. The number of aryl methyl sites for hydroxylation is 1. The number of nitrogens with zero attached hydrogens (tertiary/aromatic N) is 1. The zero-order valence-electron chi connectivity index (χ0n) is 15.3. The van der Waals surface area contributed by atoms with Crippen LogP contribution < -0.4 is 11.2 Å². The molecule has 1 N–H and O–H groups in total. The molecule has 7 nitrogen and oxygen atoms in total. The number of hydrogen-bond acceptors (Lipinski definition) is 5. The van der Waals surface area contributed by atoms with Crippen LogP contribution in [0.15, 0.2) is 15.8 Å². The van der Waals surface area contributed by atoms with Gasteiger partial charge in [0.1, 0.15) is 0 Å². The zero-order chi connectivity index (χ0) is 20.3. The van der Waals surface area contributed by atoms with Crippen LogP contribution in [-0.4, -0.2) is 31.3 Å². The fourth-order valence-corrected chi connectivity index (χ4v) is 5.38. The van der Waals surface area contributed by atoms with Crippen LogP contribution in [0.1, 0.15) is 39.7 Å². The van der Waals surface area contributed by atoms with Crippen molar-refractivity contribution in [2.24, 2.45) is 0 Å². The zero-order valence-corrected chi connectivity index (χ0v) is 18.3. The maximum absolute atomic E-state index is 14.7. The molecule has 150 valence electrons. The molecule has 1 heterocycles. The molecule has 0 spiro atoms. The second-order valence-electron chi connectivity index (χ2n) is 6.50. The van der Waals surface area contributed by atoms with Gasteiger partial charge >= 0.3 is 18.9 Å². The van der Waals surface area contributed by atoms with Crippen molar-refractivity contribution in [1.82, 2.24) is 9.55 Å². The van der Waals surface area contributed by atoms with Crippen molar-refractivity contribution in [3.8, 4) is 0 Å². The van der Waals surface area contributed by atoms with Gasteiger partial charge < -0.3 is 9.05 Å². The summed E-state index contributed by atoms with van der Waals surface area (Å²) in [7, 11) is -4.71. The molecule has 1 unspecified atom stereocenters. The predicted octanol–water partition coefficient (Wildman–Crippen LogP) is 3.67. The largest absolute Gasteiger partial charge is 0.400 e. The molecule has 0 fully saturated rings. The van der Waals surface area contributed by atoms with Gasteiger partial charge in [0, 0.05) is 28.7 Å². The molecule has 0 saturated carbocycles. The normalized spacial score (nSPS) is 14.2. The third-order valence-electron chi connectivity index (χ3n) is 3.15. The first-order valence-corrected chi connectivity index (χ1v) is 10.9. The number of rotatable bonds is 9. The van der Waals surface area contributed by atoms with E-state index in [0.29, 0.717) is 0 Å². The Labute approximate surface area is 164 Å². The number of aromatic nitrogens is 2. The summed E-state index contributed by atoms with van der Waals surface area (Å²) in [6.45, 7) is 7.41. The second kappa shape index (κ2) is 9.07. The van der Waals surface area contributed by atoms with E-state index in [-0.39, 0.29) is 12.1 Å². The molecule has 0 aliphatic rings. The van der Waals surface area contributed by atoms with E-state index in [4.69, 9.17) is 9.05 Å². The number of aromatic amines is 1. The van der Waals surface area contributed by atoms with Crippen molar-refractivity contribution in [3.63, 3.8) is 0 Å². The molecule has 0 bridgehead atoms. The van der Waals surface area contributed by atoms with Crippen LogP contribution in [-0.2, 0) is 20.2 Å². The number of H-pyrrole nitrogens is 1. The van der Waals surface area contributed by atoms with Crippen molar-refractivity contribution in [2.45, 2.75) is 69.4 Å². The predicted molar refractivity (Wildman–Crippen MR) is 103 cm³/mol. The van der Waals surface area contributed by atoms with E-state index in [1.54, 1.807) is 22.6 Å². The maximum Gasteiger partial charge on any atom is 0.400 e. The molecule has 1 aromatic rings. The van der Waals surface area contributed by atoms with Crippen LogP contribution in [0.25, 0.3) is 0 Å². The number of halogens is 3. The standard InChI is InChI=1S/C15H24F2IN2O5P/c1-9(2)24-26(23,25-10(3)4)15(16,17)6-12(18)8-20-7-11(5)13(21)19-14(20)22/h7,9-10,12H,6,8H2,1-5H3,(H,19,21,22). The summed E-state index contributed by atoms with van der Waals surface area (Å²) in [4.78, 5) is 25.3. The first kappa shape index (κ1) is 23.5. The number of nitrogens with one attached hydrogen (secondary N) is 1. The average molecular weight is 508 g/mol. The summed E-state index contributed by atoms with van der Waals surface area (Å²) in [5.74, 6) is 0. The van der Waals surface area contributed by atoms with Gasteiger partial charge in [-0.1, -0.05) is 22.6 Å². The molecule has 0 aromatic carbocycles. The highest BCUT2D eigenvalue weighted by Crippen LogP contribution is 2.65.